The molecule has 0 N–H and O–H groups in total. The lowest BCUT2D eigenvalue weighted by Gasteiger charge is -2.14. The Morgan fingerprint density at radius 3 is 2.65 bits per heavy atom. The standard InChI is InChI=1S/C18H15NO3S/c1-10-4-5-12-14-9-23-19-17(14)13-7-11(20-2)8-16(21-3)18(13)22-15(12)6-10/h4-9H,1-3H3. The molecule has 1 aromatic heterocycles. The number of nitrogens with zero attached hydrogens (tertiary/aromatic N) is 1. The molecule has 0 atom stereocenters. The van der Waals surface area contributed by atoms with Crippen molar-refractivity contribution in [2.45, 2.75) is 6.92 Å². The number of hydrogen-bond donors (Lipinski definition) is 0. The smallest absolute Gasteiger partial charge is 0.179 e. The van der Waals surface area contributed by atoms with Crippen molar-refractivity contribution in [1.29, 1.82) is 0 Å². The molecule has 116 valence electrons. The van der Waals surface area contributed by atoms with E-state index in [0.29, 0.717) is 17.2 Å². The van der Waals surface area contributed by atoms with Gasteiger partial charge in [0.15, 0.2) is 11.5 Å². The van der Waals surface area contributed by atoms with E-state index in [1.54, 1.807) is 14.2 Å². The van der Waals surface area contributed by atoms with Crippen molar-refractivity contribution in [3.05, 3.63) is 41.3 Å². The molecule has 4 nitrogen and oxygen atoms in total. The van der Waals surface area contributed by atoms with Gasteiger partial charge in [-0.15, -0.1) is 0 Å². The normalized spacial score (nSPS) is 11.6. The number of fused-ring (bicyclic) bond motifs is 5. The summed E-state index contributed by atoms with van der Waals surface area (Å²) in [5.41, 5.74) is 5.02. The van der Waals surface area contributed by atoms with Crippen LogP contribution in [0.25, 0.3) is 22.4 Å². The Morgan fingerprint density at radius 1 is 1.00 bits per heavy atom. The van der Waals surface area contributed by atoms with Crippen molar-refractivity contribution < 1.29 is 14.2 Å². The van der Waals surface area contributed by atoms with Crippen LogP contribution in [0.3, 0.4) is 0 Å². The number of methoxy groups -OCH3 is 2. The van der Waals surface area contributed by atoms with Gasteiger partial charge in [-0.2, -0.15) is 4.37 Å². The van der Waals surface area contributed by atoms with Gasteiger partial charge in [0.05, 0.1) is 25.5 Å². The zero-order valence-electron chi connectivity index (χ0n) is 13.0. The molecule has 0 radical (unpaired) electrons. The summed E-state index contributed by atoms with van der Waals surface area (Å²) in [6.07, 6.45) is 0. The van der Waals surface area contributed by atoms with Crippen LogP contribution in [0.5, 0.6) is 23.0 Å². The Hall–Kier alpha value is -2.53. The minimum Gasteiger partial charge on any atom is -0.497 e. The van der Waals surface area contributed by atoms with Crippen molar-refractivity contribution >= 4 is 11.5 Å². The molecule has 0 unspecified atom stereocenters. The van der Waals surface area contributed by atoms with Crippen LogP contribution in [0, 0.1) is 6.92 Å². The largest absolute Gasteiger partial charge is 0.497 e. The van der Waals surface area contributed by atoms with Crippen molar-refractivity contribution in [3.63, 3.8) is 0 Å². The number of aromatic nitrogens is 1. The van der Waals surface area contributed by atoms with Crippen molar-refractivity contribution in [3.8, 4) is 45.4 Å². The molecule has 2 aromatic carbocycles. The monoisotopic (exact) mass is 325 g/mol. The minimum absolute atomic E-state index is 0.632. The summed E-state index contributed by atoms with van der Waals surface area (Å²) in [5.74, 6) is 2.83. The predicted molar refractivity (Wildman–Crippen MR) is 90.9 cm³/mol. The van der Waals surface area contributed by atoms with Gasteiger partial charge in [-0.05, 0) is 36.2 Å². The first-order valence-corrected chi connectivity index (χ1v) is 8.04. The van der Waals surface area contributed by atoms with Gasteiger partial charge >= 0.3 is 0 Å². The van der Waals surface area contributed by atoms with E-state index in [1.807, 2.05) is 30.5 Å². The molecule has 0 amide bonds. The zero-order chi connectivity index (χ0) is 16.0. The fourth-order valence-corrected chi connectivity index (χ4v) is 3.49. The van der Waals surface area contributed by atoms with Gasteiger partial charge in [-0.3, -0.25) is 0 Å². The number of ether oxygens (including phenoxy) is 3. The topological polar surface area (TPSA) is 40.6 Å². The van der Waals surface area contributed by atoms with E-state index >= 15 is 0 Å². The Kier molecular flexibility index (Phi) is 3.23. The average molecular weight is 325 g/mol. The zero-order valence-corrected chi connectivity index (χ0v) is 13.9. The van der Waals surface area contributed by atoms with Crippen LogP contribution in [0.2, 0.25) is 0 Å². The van der Waals surface area contributed by atoms with Crippen LogP contribution in [-0.4, -0.2) is 18.6 Å². The molecular formula is C18H15NO3S. The van der Waals surface area contributed by atoms with Gasteiger partial charge < -0.3 is 14.2 Å². The second-order valence-electron chi connectivity index (χ2n) is 5.38. The molecule has 2 heterocycles. The number of benzene rings is 2. The third-order valence-electron chi connectivity index (χ3n) is 3.95. The first-order chi connectivity index (χ1) is 11.2. The lowest BCUT2D eigenvalue weighted by molar-refractivity contribution is 0.370. The van der Waals surface area contributed by atoms with Gasteiger partial charge in [0.2, 0.25) is 0 Å². The first kappa shape index (κ1) is 14.1. The van der Waals surface area contributed by atoms with Crippen LogP contribution in [0.4, 0.5) is 0 Å². The quantitative estimate of drug-likeness (QED) is 0.525. The molecule has 0 saturated carbocycles. The summed E-state index contributed by atoms with van der Waals surface area (Å²) < 4.78 is 21.7. The maximum Gasteiger partial charge on any atom is 0.179 e. The third-order valence-corrected chi connectivity index (χ3v) is 4.58. The highest BCUT2D eigenvalue weighted by molar-refractivity contribution is 7.04. The summed E-state index contributed by atoms with van der Waals surface area (Å²) in [6, 6.07) is 9.96. The number of hydrogen-bond acceptors (Lipinski definition) is 5. The molecule has 0 spiro atoms. The second-order valence-corrected chi connectivity index (χ2v) is 6.01. The van der Waals surface area contributed by atoms with Crippen LogP contribution < -0.4 is 14.2 Å². The maximum absolute atomic E-state index is 6.23. The average Bonchev–Trinajstić information content (AvgIpc) is 3.00. The molecule has 0 bridgehead atoms. The fourth-order valence-electron chi connectivity index (χ4n) is 2.80. The molecule has 5 heteroatoms. The third kappa shape index (κ3) is 2.16. The lowest BCUT2D eigenvalue weighted by Crippen LogP contribution is -1.94. The molecule has 0 aliphatic carbocycles. The summed E-state index contributed by atoms with van der Waals surface area (Å²) in [6.45, 7) is 2.05. The Balaban J connectivity index is 2.07. The summed E-state index contributed by atoms with van der Waals surface area (Å²) in [4.78, 5) is 0. The summed E-state index contributed by atoms with van der Waals surface area (Å²) >= 11 is 1.44. The minimum atomic E-state index is 0.632. The lowest BCUT2D eigenvalue weighted by atomic mass is 10.0. The summed E-state index contributed by atoms with van der Waals surface area (Å²) in [7, 11) is 3.27. The molecule has 1 aliphatic heterocycles. The molecule has 0 fully saturated rings. The maximum atomic E-state index is 6.23. The Labute approximate surface area is 138 Å². The van der Waals surface area contributed by atoms with Gasteiger partial charge in [0.1, 0.15) is 11.5 Å². The van der Waals surface area contributed by atoms with Gasteiger partial charge in [-0.25, -0.2) is 0 Å². The first-order valence-electron chi connectivity index (χ1n) is 7.21. The number of aryl methyl sites for hydroxylation is 1. The van der Waals surface area contributed by atoms with Crippen molar-refractivity contribution in [1.82, 2.24) is 4.37 Å². The highest BCUT2D eigenvalue weighted by atomic mass is 32.1. The van der Waals surface area contributed by atoms with E-state index in [-0.39, 0.29) is 0 Å². The SMILES string of the molecule is COc1cc(OC)c2c(c1)-c1nscc1-c1ccc(C)cc1O2. The van der Waals surface area contributed by atoms with Crippen LogP contribution in [0.1, 0.15) is 5.56 Å². The van der Waals surface area contributed by atoms with Crippen LogP contribution in [0.15, 0.2) is 35.7 Å². The van der Waals surface area contributed by atoms with E-state index in [4.69, 9.17) is 14.2 Å². The Bertz CT molecular complexity index is 901. The van der Waals surface area contributed by atoms with Crippen LogP contribution >= 0.6 is 11.5 Å². The Morgan fingerprint density at radius 2 is 1.87 bits per heavy atom. The van der Waals surface area contributed by atoms with E-state index in [9.17, 15) is 0 Å². The van der Waals surface area contributed by atoms with Gasteiger partial charge in [0.25, 0.3) is 0 Å². The summed E-state index contributed by atoms with van der Waals surface area (Å²) in [5, 5.41) is 2.05. The van der Waals surface area contributed by atoms with Crippen molar-refractivity contribution in [2.75, 3.05) is 14.2 Å². The van der Waals surface area contributed by atoms with Gasteiger partial charge in [0, 0.05) is 22.6 Å². The van der Waals surface area contributed by atoms with E-state index in [1.165, 1.54) is 11.5 Å². The highest BCUT2D eigenvalue weighted by Crippen LogP contribution is 2.51. The molecule has 0 saturated heterocycles. The van der Waals surface area contributed by atoms with Gasteiger partial charge in [-0.1, -0.05) is 12.1 Å². The number of rotatable bonds is 2. The fraction of sp³-hybridized carbons (Fsp3) is 0.167. The molecule has 1 aliphatic rings. The predicted octanol–water partition coefficient (Wildman–Crippen LogP) is 4.91. The van der Waals surface area contributed by atoms with Crippen LogP contribution in [-0.2, 0) is 0 Å². The van der Waals surface area contributed by atoms with E-state index in [0.717, 1.165) is 33.7 Å². The highest BCUT2D eigenvalue weighted by Gasteiger charge is 2.26. The molecule has 23 heavy (non-hydrogen) atoms. The molecular weight excluding hydrogens is 310 g/mol. The molecule has 3 aromatic rings. The van der Waals surface area contributed by atoms with Crippen molar-refractivity contribution in [2.24, 2.45) is 0 Å². The second kappa shape index (κ2) is 5.28. The molecule has 4 rings (SSSR count). The van der Waals surface area contributed by atoms with E-state index < -0.39 is 0 Å². The van der Waals surface area contributed by atoms with E-state index in [2.05, 4.69) is 16.5 Å².